The van der Waals surface area contributed by atoms with Crippen molar-refractivity contribution in [3.05, 3.63) is 0 Å². The Bertz CT molecular complexity index is 349. The summed E-state index contributed by atoms with van der Waals surface area (Å²) in [6.07, 6.45) is 2.55. The van der Waals surface area contributed by atoms with Gasteiger partial charge in [0.05, 0.1) is 12.5 Å². The van der Waals surface area contributed by atoms with Crippen LogP contribution in [0.1, 0.15) is 66.2 Å². The van der Waals surface area contributed by atoms with E-state index in [1.54, 1.807) is 13.8 Å². The fourth-order valence-corrected chi connectivity index (χ4v) is 1.42. The third-order valence-electron chi connectivity index (χ3n) is 2.60. The van der Waals surface area contributed by atoms with Crippen molar-refractivity contribution in [1.82, 2.24) is 0 Å². The first-order valence-corrected chi connectivity index (χ1v) is 7.91. The lowest BCUT2D eigenvalue weighted by Crippen LogP contribution is -2.12. The molecule has 0 aromatic heterocycles. The Morgan fingerprint density at radius 1 is 0.917 bits per heavy atom. The van der Waals surface area contributed by atoms with E-state index < -0.39 is 17.9 Å². The first kappa shape index (κ1) is 26.8. The van der Waals surface area contributed by atoms with E-state index in [4.69, 9.17) is 15.3 Å². The Morgan fingerprint density at radius 2 is 1.42 bits per heavy atom. The predicted molar refractivity (Wildman–Crippen MR) is 87.8 cm³/mol. The number of aliphatic carboxylic acids is 3. The van der Waals surface area contributed by atoms with Crippen LogP contribution in [0.25, 0.3) is 0 Å². The number of carboxylic acids is 3. The Balaban J connectivity index is -0.000000309. The Hall–Kier alpha value is -2.12. The van der Waals surface area contributed by atoms with Crippen molar-refractivity contribution < 1.29 is 39.2 Å². The molecule has 0 radical (unpaired) electrons. The second kappa shape index (κ2) is 18.9. The zero-order chi connectivity index (χ0) is 19.5. The van der Waals surface area contributed by atoms with Crippen LogP contribution in [0.15, 0.2) is 0 Å². The summed E-state index contributed by atoms with van der Waals surface area (Å²) >= 11 is 0. The highest BCUT2D eigenvalue weighted by atomic mass is 16.5. The fraction of sp³-hybridized carbons (Fsp3) is 0.750. The van der Waals surface area contributed by atoms with Crippen molar-refractivity contribution in [3.63, 3.8) is 0 Å². The number of carbonyl (C=O) groups is 4. The minimum absolute atomic E-state index is 0.0593. The molecule has 142 valence electrons. The quantitative estimate of drug-likeness (QED) is 0.540. The summed E-state index contributed by atoms with van der Waals surface area (Å²) < 4.78 is 4.40. The van der Waals surface area contributed by atoms with E-state index in [0.29, 0.717) is 32.3 Å². The van der Waals surface area contributed by atoms with Crippen LogP contribution in [0.4, 0.5) is 0 Å². The second-order valence-corrected chi connectivity index (χ2v) is 4.80. The van der Waals surface area contributed by atoms with E-state index in [9.17, 15) is 19.2 Å². The van der Waals surface area contributed by atoms with Crippen molar-refractivity contribution in [2.24, 2.45) is 5.92 Å². The van der Waals surface area contributed by atoms with Gasteiger partial charge in [0, 0.05) is 19.8 Å². The molecule has 8 nitrogen and oxygen atoms in total. The predicted octanol–water partition coefficient (Wildman–Crippen LogP) is 2.79. The molecule has 0 heterocycles. The molecule has 8 heteroatoms. The molecule has 0 aromatic carbocycles. The third-order valence-corrected chi connectivity index (χ3v) is 2.60. The summed E-state index contributed by atoms with van der Waals surface area (Å²) in [5.41, 5.74) is 0. The lowest BCUT2D eigenvalue weighted by atomic mass is 10.00. The van der Waals surface area contributed by atoms with E-state index in [-0.39, 0.29) is 18.3 Å². The van der Waals surface area contributed by atoms with Crippen LogP contribution < -0.4 is 0 Å². The smallest absolute Gasteiger partial charge is 0.306 e. The molecule has 0 saturated heterocycles. The number of carboxylic acid groups (broad SMARTS) is 3. The van der Waals surface area contributed by atoms with Crippen molar-refractivity contribution in [2.45, 2.75) is 66.2 Å². The highest BCUT2D eigenvalue weighted by molar-refractivity contribution is 5.70. The summed E-state index contributed by atoms with van der Waals surface area (Å²) in [7, 11) is 0. The molecule has 0 aliphatic heterocycles. The van der Waals surface area contributed by atoms with Gasteiger partial charge in [-0.3, -0.25) is 19.2 Å². The van der Waals surface area contributed by atoms with Gasteiger partial charge < -0.3 is 20.1 Å². The molecular weight excluding hydrogens is 320 g/mol. The lowest BCUT2D eigenvalue weighted by molar-refractivity contribution is -0.143. The monoisotopic (exact) mass is 350 g/mol. The van der Waals surface area contributed by atoms with Crippen molar-refractivity contribution >= 4 is 23.9 Å². The normalized spacial score (nSPS) is 10.2. The molecule has 0 rings (SSSR count). The van der Waals surface area contributed by atoms with E-state index in [0.717, 1.165) is 6.42 Å². The van der Waals surface area contributed by atoms with Crippen molar-refractivity contribution in [2.75, 3.05) is 6.61 Å². The second-order valence-electron chi connectivity index (χ2n) is 4.80. The SMILES string of the molecule is CCC(CCCC(=O)O)C(=O)O.CCCC(=O)O.CCOC(C)=O. The summed E-state index contributed by atoms with van der Waals surface area (Å²) in [5.74, 6) is -3.00. The van der Waals surface area contributed by atoms with Crippen molar-refractivity contribution in [1.29, 1.82) is 0 Å². The van der Waals surface area contributed by atoms with E-state index in [1.807, 2.05) is 6.92 Å². The zero-order valence-electron chi connectivity index (χ0n) is 14.9. The number of esters is 1. The molecule has 1 unspecified atom stereocenters. The number of hydrogen-bond donors (Lipinski definition) is 3. The zero-order valence-corrected chi connectivity index (χ0v) is 14.9. The van der Waals surface area contributed by atoms with Crippen molar-refractivity contribution in [3.8, 4) is 0 Å². The third kappa shape index (κ3) is 28.1. The maximum absolute atomic E-state index is 10.5. The van der Waals surface area contributed by atoms with Gasteiger partial charge in [0.25, 0.3) is 0 Å². The first-order valence-electron chi connectivity index (χ1n) is 7.91. The molecule has 0 spiro atoms. The fourth-order valence-electron chi connectivity index (χ4n) is 1.42. The highest BCUT2D eigenvalue weighted by Crippen LogP contribution is 2.12. The maximum Gasteiger partial charge on any atom is 0.306 e. The average Bonchev–Trinajstić information content (AvgIpc) is 2.44. The van der Waals surface area contributed by atoms with Crippen LogP contribution in [-0.4, -0.2) is 45.8 Å². The minimum Gasteiger partial charge on any atom is -0.481 e. The summed E-state index contributed by atoms with van der Waals surface area (Å²) in [6.45, 7) is 7.29. The number of ether oxygens (including phenoxy) is 1. The molecule has 0 saturated carbocycles. The summed E-state index contributed by atoms with van der Waals surface area (Å²) in [6, 6.07) is 0. The molecule has 0 amide bonds. The van der Waals surface area contributed by atoms with Gasteiger partial charge in [0.1, 0.15) is 0 Å². The van der Waals surface area contributed by atoms with Crippen LogP contribution >= 0.6 is 0 Å². The molecular formula is C16H30O8. The number of hydrogen-bond acceptors (Lipinski definition) is 5. The molecule has 0 aromatic rings. The summed E-state index contributed by atoms with van der Waals surface area (Å²) in [4.78, 5) is 40.0. The van der Waals surface area contributed by atoms with E-state index >= 15 is 0 Å². The Labute approximate surface area is 142 Å². The molecule has 1 atom stereocenters. The summed E-state index contributed by atoms with van der Waals surface area (Å²) in [5, 5.41) is 24.8. The van der Waals surface area contributed by atoms with Crippen LogP contribution in [-0.2, 0) is 23.9 Å². The average molecular weight is 350 g/mol. The first-order chi connectivity index (χ1) is 11.1. The van der Waals surface area contributed by atoms with Gasteiger partial charge in [-0.15, -0.1) is 0 Å². The van der Waals surface area contributed by atoms with Crippen LogP contribution in [0.3, 0.4) is 0 Å². The van der Waals surface area contributed by atoms with E-state index in [1.165, 1.54) is 6.92 Å². The van der Waals surface area contributed by atoms with Gasteiger partial charge in [-0.05, 0) is 32.6 Å². The highest BCUT2D eigenvalue weighted by Gasteiger charge is 2.14. The topological polar surface area (TPSA) is 138 Å². The van der Waals surface area contributed by atoms with Gasteiger partial charge in [0.2, 0.25) is 0 Å². The molecule has 0 bridgehead atoms. The largest absolute Gasteiger partial charge is 0.481 e. The molecule has 24 heavy (non-hydrogen) atoms. The van der Waals surface area contributed by atoms with Gasteiger partial charge in [0.15, 0.2) is 0 Å². The Morgan fingerprint density at radius 3 is 1.58 bits per heavy atom. The van der Waals surface area contributed by atoms with E-state index in [2.05, 4.69) is 4.74 Å². The van der Waals surface area contributed by atoms with Gasteiger partial charge in [-0.1, -0.05) is 13.8 Å². The molecule has 0 fully saturated rings. The number of carbonyl (C=O) groups excluding carboxylic acids is 1. The van der Waals surface area contributed by atoms with Crippen LogP contribution in [0.2, 0.25) is 0 Å². The molecule has 0 aliphatic carbocycles. The number of rotatable bonds is 9. The standard InChI is InChI=1S/C8H14O4.2C4H8O2/c1-2-6(8(11)12)4-3-5-7(9)10;1-3-6-4(2)5;1-2-3-4(5)6/h6H,2-5H2,1H3,(H,9,10)(H,11,12);3H2,1-2H3;2-3H2,1H3,(H,5,6). The molecule has 3 N–H and O–H groups in total. The van der Waals surface area contributed by atoms with Crippen LogP contribution in [0, 0.1) is 5.92 Å². The van der Waals surface area contributed by atoms with Gasteiger partial charge in [-0.25, -0.2) is 0 Å². The van der Waals surface area contributed by atoms with Gasteiger partial charge >= 0.3 is 23.9 Å². The maximum atomic E-state index is 10.5. The Kier molecular flexibility index (Phi) is 21.1. The van der Waals surface area contributed by atoms with Gasteiger partial charge in [-0.2, -0.15) is 0 Å². The lowest BCUT2D eigenvalue weighted by Gasteiger charge is -2.07. The minimum atomic E-state index is -0.866. The molecule has 0 aliphatic rings. The van der Waals surface area contributed by atoms with Crippen LogP contribution in [0.5, 0.6) is 0 Å².